The van der Waals surface area contributed by atoms with Crippen molar-refractivity contribution < 1.29 is 9.53 Å². The van der Waals surface area contributed by atoms with Gasteiger partial charge < -0.3 is 15.0 Å². The summed E-state index contributed by atoms with van der Waals surface area (Å²) in [6.07, 6.45) is 2.37. The van der Waals surface area contributed by atoms with Gasteiger partial charge in [-0.2, -0.15) is 0 Å². The van der Waals surface area contributed by atoms with E-state index in [1.54, 1.807) is 13.2 Å². The van der Waals surface area contributed by atoms with Crippen LogP contribution < -0.4 is 15.0 Å². The molecule has 1 aliphatic heterocycles. The Labute approximate surface area is 177 Å². The summed E-state index contributed by atoms with van der Waals surface area (Å²) < 4.78 is 6.28. The first-order valence-corrected chi connectivity index (χ1v) is 10.4. The first-order chi connectivity index (χ1) is 13.6. The molecule has 1 aliphatic rings. The summed E-state index contributed by atoms with van der Waals surface area (Å²) in [4.78, 5) is 15.3. The van der Waals surface area contributed by atoms with E-state index in [9.17, 15) is 4.79 Å². The van der Waals surface area contributed by atoms with E-state index < -0.39 is 0 Å². The second kappa shape index (κ2) is 8.02. The predicted molar refractivity (Wildman–Crippen MR) is 119 cm³/mol. The van der Waals surface area contributed by atoms with Crippen LogP contribution in [0.15, 0.2) is 53.0 Å². The molecular formula is C22H20BrClN2O2. The van der Waals surface area contributed by atoms with E-state index in [4.69, 9.17) is 16.3 Å². The summed E-state index contributed by atoms with van der Waals surface area (Å²) >= 11 is 10.0. The van der Waals surface area contributed by atoms with Gasteiger partial charge in [0.15, 0.2) is 0 Å². The maximum atomic E-state index is 13.0. The van der Waals surface area contributed by atoms with Crippen molar-refractivity contribution in [2.24, 2.45) is 0 Å². The molecule has 1 saturated heterocycles. The number of anilines is 2. The number of nitrogens with one attached hydrogen (secondary N) is 1. The van der Waals surface area contributed by atoms with E-state index in [2.05, 4.69) is 26.1 Å². The normalized spacial score (nSPS) is 13.8. The molecule has 0 bridgehead atoms. The standard InChI is InChI=1S/C22H20BrClN2O2/c1-28-21-17(12-14-6-2-3-7-16(14)20(21)23)22(27)25-15-8-9-19(18(24)13-15)26-10-4-5-11-26/h2-3,6-9,12-13H,4-5,10-11H2,1H3,(H,25,27). The highest BCUT2D eigenvalue weighted by Crippen LogP contribution is 2.37. The fourth-order valence-electron chi connectivity index (χ4n) is 3.65. The van der Waals surface area contributed by atoms with Gasteiger partial charge in [0, 0.05) is 18.8 Å². The highest BCUT2D eigenvalue weighted by atomic mass is 79.9. The van der Waals surface area contributed by atoms with Crippen LogP contribution in [0.2, 0.25) is 5.02 Å². The summed E-state index contributed by atoms with van der Waals surface area (Å²) in [5.41, 5.74) is 2.14. The van der Waals surface area contributed by atoms with Crippen LogP contribution >= 0.6 is 27.5 Å². The number of hydrogen-bond donors (Lipinski definition) is 1. The number of carbonyl (C=O) groups excluding carboxylic acids is 1. The number of rotatable bonds is 4. The summed E-state index contributed by atoms with van der Waals surface area (Å²) in [6.45, 7) is 2.04. The molecule has 0 aliphatic carbocycles. The zero-order chi connectivity index (χ0) is 19.7. The molecule has 1 fully saturated rings. The largest absolute Gasteiger partial charge is 0.495 e. The van der Waals surface area contributed by atoms with Crippen molar-refractivity contribution in [1.82, 2.24) is 0 Å². The fourth-order valence-corrected chi connectivity index (χ4v) is 4.69. The molecule has 4 nitrogen and oxygen atoms in total. The quantitative estimate of drug-likeness (QED) is 0.511. The minimum atomic E-state index is -0.242. The Hall–Kier alpha value is -2.24. The molecule has 4 rings (SSSR count). The topological polar surface area (TPSA) is 41.6 Å². The van der Waals surface area contributed by atoms with Gasteiger partial charge in [0.25, 0.3) is 5.91 Å². The summed E-state index contributed by atoms with van der Waals surface area (Å²) in [5, 5.41) is 5.54. The van der Waals surface area contributed by atoms with Crippen LogP contribution in [-0.4, -0.2) is 26.1 Å². The number of amides is 1. The molecule has 0 spiro atoms. The molecule has 0 unspecified atom stereocenters. The van der Waals surface area contributed by atoms with E-state index in [0.29, 0.717) is 22.0 Å². The Bertz CT molecular complexity index is 1050. The van der Waals surface area contributed by atoms with Crippen molar-refractivity contribution in [2.45, 2.75) is 12.8 Å². The Kier molecular flexibility index (Phi) is 5.47. The molecule has 1 amide bonds. The number of halogens is 2. The number of benzene rings is 3. The first-order valence-electron chi connectivity index (χ1n) is 9.19. The molecule has 28 heavy (non-hydrogen) atoms. The number of nitrogens with zero attached hydrogens (tertiary/aromatic N) is 1. The van der Waals surface area contributed by atoms with Gasteiger partial charge in [-0.3, -0.25) is 4.79 Å². The van der Waals surface area contributed by atoms with Crippen molar-refractivity contribution in [2.75, 3.05) is 30.4 Å². The van der Waals surface area contributed by atoms with Crippen molar-refractivity contribution in [1.29, 1.82) is 0 Å². The summed E-state index contributed by atoms with van der Waals surface area (Å²) in [7, 11) is 1.56. The Morgan fingerprint density at radius 1 is 1.14 bits per heavy atom. The Balaban J connectivity index is 1.64. The number of fused-ring (bicyclic) bond motifs is 1. The van der Waals surface area contributed by atoms with Crippen molar-refractivity contribution in [3.05, 3.63) is 63.6 Å². The van der Waals surface area contributed by atoms with E-state index >= 15 is 0 Å². The Morgan fingerprint density at radius 2 is 1.89 bits per heavy atom. The maximum absolute atomic E-state index is 13.0. The third kappa shape index (κ3) is 3.56. The monoisotopic (exact) mass is 458 g/mol. The number of ether oxygens (including phenoxy) is 1. The number of carbonyl (C=O) groups is 1. The van der Waals surface area contributed by atoms with E-state index in [0.717, 1.165) is 34.0 Å². The van der Waals surface area contributed by atoms with Crippen molar-refractivity contribution in [3.8, 4) is 5.75 Å². The van der Waals surface area contributed by atoms with Gasteiger partial charge >= 0.3 is 0 Å². The van der Waals surface area contributed by atoms with Crippen LogP contribution in [0.5, 0.6) is 5.75 Å². The molecular weight excluding hydrogens is 440 g/mol. The van der Waals surface area contributed by atoms with Crippen LogP contribution in [0, 0.1) is 0 Å². The molecule has 3 aromatic carbocycles. The second-order valence-electron chi connectivity index (χ2n) is 6.81. The second-order valence-corrected chi connectivity index (χ2v) is 8.01. The molecule has 6 heteroatoms. The molecule has 0 atom stereocenters. The molecule has 1 heterocycles. The third-order valence-corrected chi connectivity index (χ3v) is 6.13. The third-order valence-electron chi connectivity index (χ3n) is 5.04. The van der Waals surface area contributed by atoms with Crippen LogP contribution in [0.25, 0.3) is 10.8 Å². The van der Waals surface area contributed by atoms with Crippen LogP contribution in [0.1, 0.15) is 23.2 Å². The highest BCUT2D eigenvalue weighted by molar-refractivity contribution is 9.10. The van der Waals surface area contributed by atoms with Crippen LogP contribution in [-0.2, 0) is 0 Å². The average molecular weight is 460 g/mol. The van der Waals surface area contributed by atoms with Crippen molar-refractivity contribution in [3.63, 3.8) is 0 Å². The number of methoxy groups -OCH3 is 1. The van der Waals surface area contributed by atoms with Crippen LogP contribution in [0.4, 0.5) is 11.4 Å². The minimum absolute atomic E-state index is 0.242. The van der Waals surface area contributed by atoms with Gasteiger partial charge in [0.05, 0.1) is 27.9 Å². The van der Waals surface area contributed by atoms with E-state index in [-0.39, 0.29) is 5.91 Å². The summed E-state index contributed by atoms with van der Waals surface area (Å²) in [5.74, 6) is 0.268. The minimum Gasteiger partial charge on any atom is -0.495 e. The van der Waals surface area contributed by atoms with Gasteiger partial charge in [0.1, 0.15) is 5.75 Å². The zero-order valence-corrected chi connectivity index (χ0v) is 17.8. The average Bonchev–Trinajstić information content (AvgIpc) is 3.22. The van der Waals surface area contributed by atoms with Gasteiger partial charge in [0.2, 0.25) is 0 Å². The first kappa shape index (κ1) is 19.1. The zero-order valence-electron chi connectivity index (χ0n) is 15.5. The molecule has 1 N–H and O–H groups in total. The van der Waals surface area contributed by atoms with Crippen molar-refractivity contribution >= 4 is 55.6 Å². The van der Waals surface area contributed by atoms with E-state index in [1.165, 1.54) is 12.8 Å². The lowest BCUT2D eigenvalue weighted by Crippen LogP contribution is -2.18. The van der Waals surface area contributed by atoms with Gasteiger partial charge in [-0.1, -0.05) is 35.9 Å². The van der Waals surface area contributed by atoms with Crippen LogP contribution in [0.3, 0.4) is 0 Å². The van der Waals surface area contributed by atoms with Gasteiger partial charge in [-0.15, -0.1) is 0 Å². The smallest absolute Gasteiger partial charge is 0.259 e. The molecule has 144 valence electrons. The predicted octanol–water partition coefficient (Wildman–Crippen LogP) is 6.12. The lowest BCUT2D eigenvalue weighted by Gasteiger charge is -2.20. The van der Waals surface area contributed by atoms with Gasteiger partial charge in [-0.05, 0) is 63.8 Å². The molecule has 3 aromatic rings. The van der Waals surface area contributed by atoms with Gasteiger partial charge in [-0.25, -0.2) is 0 Å². The van der Waals surface area contributed by atoms with E-state index in [1.807, 2.05) is 42.5 Å². The Morgan fingerprint density at radius 3 is 2.61 bits per heavy atom. The fraction of sp³-hybridized carbons (Fsp3) is 0.227. The molecule has 0 saturated carbocycles. The number of hydrogen-bond acceptors (Lipinski definition) is 3. The lowest BCUT2D eigenvalue weighted by molar-refractivity contribution is 0.102. The SMILES string of the molecule is COc1c(C(=O)Nc2ccc(N3CCCC3)c(Cl)c2)cc2ccccc2c1Br. The summed E-state index contributed by atoms with van der Waals surface area (Å²) in [6, 6.07) is 15.4. The molecule has 0 radical (unpaired) electrons. The highest BCUT2D eigenvalue weighted by Gasteiger charge is 2.19. The maximum Gasteiger partial charge on any atom is 0.259 e. The lowest BCUT2D eigenvalue weighted by atomic mass is 10.0. The molecule has 0 aromatic heterocycles.